The minimum atomic E-state index is -0.758. The Morgan fingerprint density at radius 2 is 2.00 bits per heavy atom. The number of pyridine rings is 2. The quantitative estimate of drug-likeness (QED) is 0.347. The van der Waals surface area contributed by atoms with E-state index in [9.17, 15) is 4.79 Å². The summed E-state index contributed by atoms with van der Waals surface area (Å²) in [5, 5.41) is 16.4. The molecule has 0 spiro atoms. The molecule has 1 aliphatic rings. The molecule has 1 fully saturated rings. The molecule has 2 N–H and O–H groups in total. The van der Waals surface area contributed by atoms with Crippen LogP contribution in [0.5, 0.6) is 5.75 Å². The average Bonchev–Trinajstić information content (AvgIpc) is 3.49. The van der Waals surface area contributed by atoms with E-state index in [1.54, 1.807) is 18.6 Å². The molecule has 0 aromatic carbocycles. The molecule has 36 heavy (non-hydrogen) atoms. The molecule has 184 valence electrons. The monoisotopic (exact) mass is 486 g/mol. The molecule has 0 bridgehead atoms. The zero-order chi connectivity index (χ0) is 24.9. The Balaban J connectivity index is 1.24. The molecular weight excluding hydrogens is 460 g/mol. The van der Waals surface area contributed by atoms with E-state index in [1.165, 1.54) is 0 Å². The first-order valence-corrected chi connectivity index (χ1v) is 11.8. The van der Waals surface area contributed by atoms with E-state index >= 15 is 0 Å². The Labute approximate surface area is 207 Å². The molecule has 5 rings (SSSR count). The fourth-order valence-electron chi connectivity index (χ4n) is 4.41. The lowest BCUT2D eigenvalue weighted by atomic mass is 10.0. The van der Waals surface area contributed by atoms with E-state index in [2.05, 4.69) is 30.4 Å². The van der Waals surface area contributed by atoms with Gasteiger partial charge in [0.2, 0.25) is 5.95 Å². The van der Waals surface area contributed by atoms with E-state index in [0.29, 0.717) is 29.7 Å². The van der Waals surface area contributed by atoms with Gasteiger partial charge in [0.15, 0.2) is 5.76 Å². The minimum Gasteiger partial charge on any atom is -0.489 e. The van der Waals surface area contributed by atoms with Crippen LogP contribution in [0.3, 0.4) is 0 Å². The van der Waals surface area contributed by atoms with Gasteiger partial charge < -0.3 is 19.7 Å². The van der Waals surface area contributed by atoms with E-state index in [0.717, 1.165) is 41.9 Å². The molecule has 0 unspecified atom stereocenters. The lowest BCUT2D eigenvalue weighted by molar-refractivity contribution is -0.138. The first kappa shape index (κ1) is 23.4. The summed E-state index contributed by atoms with van der Waals surface area (Å²) >= 11 is 0. The van der Waals surface area contributed by atoms with Gasteiger partial charge in [0.05, 0.1) is 29.4 Å². The number of anilines is 1. The number of hydrogen-bond donors (Lipinski definition) is 2. The molecule has 4 heterocycles. The number of hydrogen-bond acceptors (Lipinski definition) is 9. The number of rotatable bonds is 9. The highest BCUT2D eigenvalue weighted by Gasteiger charge is 2.28. The molecule has 4 aromatic rings. The molecule has 10 nitrogen and oxygen atoms in total. The molecule has 1 saturated carbocycles. The van der Waals surface area contributed by atoms with Crippen LogP contribution < -0.4 is 10.1 Å². The average molecular weight is 487 g/mol. The topological polar surface area (TPSA) is 136 Å². The number of ether oxygens (including phenoxy) is 1. The number of carboxylic acids is 1. The van der Waals surface area contributed by atoms with Gasteiger partial charge in [0.1, 0.15) is 11.4 Å². The van der Waals surface area contributed by atoms with Crippen LogP contribution >= 0.6 is 0 Å². The van der Waals surface area contributed by atoms with Gasteiger partial charge in [-0.1, -0.05) is 11.2 Å². The van der Waals surface area contributed by atoms with Crippen molar-refractivity contribution < 1.29 is 19.2 Å². The highest BCUT2D eigenvalue weighted by molar-refractivity contribution is 5.67. The molecule has 4 aromatic heterocycles. The molecule has 2 atom stereocenters. The van der Waals surface area contributed by atoms with Crippen molar-refractivity contribution in [3.05, 3.63) is 66.2 Å². The first-order chi connectivity index (χ1) is 17.5. The fourth-order valence-corrected chi connectivity index (χ4v) is 4.41. The van der Waals surface area contributed by atoms with Crippen LogP contribution in [0.2, 0.25) is 0 Å². The summed E-state index contributed by atoms with van der Waals surface area (Å²) < 4.78 is 11.6. The van der Waals surface area contributed by atoms with Gasteiger partial charge in [-0.2, -0.15) is 0 Å². The van der Waals surface area contributed by atoms with Crippen LogP contribution in [0.1, 0.15) is 36.9 Å². The minimum absolute atomic E-state index is 0.0103. The van der Waals surface area contributed by atoms with E-state index in [-0.39, 0.29) is 18.4 Å². The Bertz CT molecular complexity index is 1330. The molecule has 10 heteroatoms. The molecule has 0 amide bonds. The lowest BCUT2D eigenvalue weighted by Gasteiger charge is -2.13. The summed E-state index contributed by atoms with van der Waals surface area (Å²) in [5.41, 5.74) is 3.74. The Kier molecular flexibility index (Phi) is 6.83. The maximum absolute atomic E-state index is 10.9. The van der Waals surface area contributed by atoms with Crippen LogP contribution in [0, 0.1) is 12.8 Å². The zero-order valence-corrected chi connectivity index (χ0v) is 19.8. The van der Waals surface area contributed by atoms with Crippen LogP contribution in [0.25, 0.3) is 22.8 Å². The second-order valence-corrected chi connectivity index (χ2v) is 8.81. The number of carboxylic acid groups (broad SMARTS) is 1. The summed E-state index contributed by atoms with van der Waals surface area (Å²) in [6.45, 7) is 2.28. The van der Waals surface area contributed by atoms with Crippen molar-refractivity contribution >= 4 is 11.9 Å². The summed E-state index contributed by atoms with van der Waals surface area (Å²) in [5.74, 6) is 1.09. The number of aromatic nitrogens is 5. The van der Waals surface area contributed by atoms with E-state index in [1.807, 2.05) is 43.3 Å². The molecule has 1 aliphatic carbocycles. The van der Waals surface area contributed by atoms with Crippen molar-refractivity contribution in [2.75, 3.05) is 5.32 Å². The van der Waals surface area contributed by atoms with Crippen molar-refractivity contribution in [2.45, 2.75) is 45.3 Å². The SMILES string of the molecule is Cc1noc(-c2ccc(O[C@H]3CC[C@H](CC(=O)O)C3)cn2)c1CNc1nccc(-c2ccccn2)n1. The standard InChI is InChI=1S/C26H26N6O4/c1-16-20(15-30-26-28-11-9-22(31-26)21-4-2-3-10-27-21)25(36-32-16)23-8-7-19(14-29-23)35-18-6-5-17(12-18)13-24(33)34/h2-4,7-11,14,17-18H,5-6,12-13,15H2,1H3,(H,33,34)(H,28,30,31)/t17-,18-/m0/s1. The van der Waals surface area contributed by atoms with Crippen molar-refractivity contribution in [3.8, 4) is 28.6 Å². The van der Waals surface area contributed by atoms with Gasteiger partial charge >= 0.3 is 5.97 Å². The van der Waals surface area contributed by atoms with E-state index < -0.39 is 5.97 Å². The predicted octanol–water partition coefficient (Wildman–Crippen LogP) is 4.53. The van der Waals surface area contributed by atoms with Gasteiger partial charge in [-0.05, 0) is 62.4 Å². The largest absolute Gasteiger partial charge is 0.489 e. The lowest BCUT2D eigenvalue weighted by Crippen LogP contribution is -2.13. The first-order valence-electron chi connectivity index (χ1n) is 11.8. The third kappa shape index (κ3) is 5.48. The number of aryl methyl sites for hydroxylation is 1. The number of nitrogens with one attached hydrogen (secondary N) is 1. The second kappa shape index (κ2) is 10.5. The summed E-state index contributed by atoms with van der Waals surface area (Å²) in [4.78, 5) is 28.7. The van der Waals surface area contributed by atoms with Crippen molar-refractivity contribution in [1.82, 2.24) is 25.1 Å². The van der Waals surface area contributed by atoms with Gasteiger partial charge in [-0.15, -0.1) is 0 Å². The fraction of sp³-hybridized carbons (Fsp3) is 0.308. The Hall–Kier alpha value is -4.34. The maximum Gasteiger partial charge on any atom is 0.303 e. The van der Waals surface area contributed by atoms with Gasteiger partial charge in [-0.25, -0.2) is 15.0 Å². The third-order valence-corrected chi connectivity index (χ3v) is 6.22. The number of carbonyl (C=O) groups is 1. The number of nitrogens with zero attached hydrogens (tertiary/aromatic N) is 5. The van der Waals surface area contributed by atoms with Crippen LogP contribution in [-0.4, -0.2) is 42.3 Å². The van der Waals surface area contributed by atoms with Crippen LogP contribution in [0.4, 0.5) is 5.95 Å². The van der Waals surface area contributed by atoms with E-state index in [4.69, 9.17) is 14.4 Å². The van der Waals surface area contributed by atoms with Crippen molar-refractivity contribution in [2.24, 2.45) is 5.92 Å². The normalized spacial score (nSPS) is 17.1. The highest BCUT2D eigenvalue weighted by Crippen LogP contribution is 2.32. The van der Waals surface area contributed by atoms with Crippen molar-refractivity contribution in [1.29, 1.82) is 0 Å². The maximum atomic E-state index is 10.9. The second-order valence-electron chi connectivity index (χ2n) is 8.81. The summed E-state index contributed by atoms with van der Waals surface area (Å²) in [7, 11) is 0. The summed E-state index contributed by atoms with van der Waals surface area (Å²) in [6.07, 6.45) is 7.74. The van der Waals surface area contributed by atoms with Crippen LogP contribution in [-0.2, 0) is 11.3 Å². The molecule has 0 aliphatic heterocycles. The zero-order valence-electron chi connectivity index (χ0n) is 19.8. The van der Waals surface area contributed by atoms with Gasteiger partial charge in [-0.3, -0.25) is 9.78 Å². The molecular formula is C26H26N6O4. The summed E-state index contributed by atoms with van der Waals surface area (Å²) in [6, 6.07) is 11.2. The number of aliphatic carboxylic acids is 1. The van der Waals surface area contributed by atoms with Crippen LogP contribution in [0.15, 0.2) is 59.5 Å². The van der Waals surface area contributed by atoms with Gasteiger partial charge in [0.25, 0.3) is 0 Å². The smallest absolute Gasteiger partial charge is 0.303 e. The predicted molar refractivity (Wildman–Crippen MR) is 131 cm³/mol. The van der Waals surface area contributed by atoms with Crippen molar-refractivity contribution in [3.63, 3.8) is 0 Å². The Morgan fingerprint density at radius 3 is 2.78 bits per heavy atom. The van der Waals surface area contributed by atoms with Gasteiger partial charge in [0, 0.05) is 30.9 Å². The Morgan fingerprint density at radius 1 is 1.08 bits per heavy atom. The third-order valence-electron chi connectivity index (χ3n) is 6.22. The molecule has 0 saturated heterocycles. The highest BCUT2D eigenvalue weighted by atomic mass is 16.5. The molecule has 0 radical (unpaired) electrons.